The number of rotatable bonds is 6. The molecule has 8 heteroatoms. The largest absolute Gasteiger partial charge is 0.419 e. The van der Waals surface area contributed by atoms with Crippen LogP contribution in [0.5, 0.6) is 0 Å². The predicted octanol–water partition coefficient (Wildman–Crippen LogP) is 4.94. The molecule has 0 saturated carbocycles. The van der Waals surface area contributed by atoms with Crippen LogP contribution in [-0.2, 0) is 13.1 Å². The molecule has 0 bridgehead atoms. The average Bonchev–Trinajstić information content (AvgIpc) is 3.46. The van der Waals surface area contributed by atoms with E-state index in [0.29, 0.717) is 18.3 Å². The molecule has 6 nitrogen and oxygen atoms in total. The van der Waals surface area contributed by atoms with Crippen molar-refractivity contribution in [2.75, 3.05) is 26.2 Å². The van der Waals surface area contributed by atoms with Gasteiger partial charge in [-0.05, 0) is 28.1 Å². The van der Waals surface area contributed by atoms with Crippen LogP contribution in [0.2, 0.25) is 0 Å². The van der Waals surface area contributed by atoms with Crippen LogP contribution >= 0.6 is 27.3 Å². The first-order valence-corrected chi connectivity index (χ1v) is 11.9. The Balaban J connectivity index is 1.14. The van der Waals surface area contributed by atoms with Gasteiger partial charge in [0.2, 0.25) is 11.8 Å². The Kier molecular flexibility index (Phi) is 6.22. The van der Waals surface area contributed by atoms with Crippen molar-refractivity contribution in [3.63, 3.8) is 0 Å². The molecule has 0 spiro atoms. The van der Waals surface area contributed by atoms with Crippen LogP contribution in [0.4, 0.5) is 0 Å². The van der Waals surface area contributed by atoms with E-state index in [2.05, 4.69) is 65.6 Å². The smallest absolute Gasteiger partial charge is 0.248 e. The van der Waals surface area contributed by atoms with Crippen LogP contribution in [0.1, 0.15) is 11.6 Å². The topological polar surface area (TPSA) is 58.3 Å². The molecule has 1 fully saturated rings. The molecule has 158 valence electrons. The zero-order chi connectivity index (χ0) is 21.0. The van der Waals surface area contributed by atoms with Crippen LogP contribution in [0.3, 0.4) is 0 Å². The van der Waals surface area contributed by atoms with Crippen LogP contribution in [0, 0.1) is 0 Å². The molecule has 0 N–H and O–H groups in total. The second-order valence-corrected chi connectivity index (χ2v) is 9.26. The van der Waals surface area contributed by atoms with Crippen molar-refractivity contribution in [1.29, 1.82) is 0 Å². The first-order chi connectivity index (χ1) is 15.2. The Hall–Kier alpha value is -2.39. The minimum Gasteiger partial charge on any atom is -0.419 e. The summed E-state index contributed by atoms with van der Waals surface area (Å²) < 4.78 is 6.86. The van der Waals surface area contributed by atoms with Gasteiger partial charge in [-0.15, -0.1) is 21.5 Å². The number of hydrogen-bond acceptors (Lipinski definition) is 7. The van der Waals surface area contributed by atoms with Crippen molar-refractivity contribution in [1.82, 2.24) is 25.0 Å². The van der Waals surface area contributed by atoms with Gasteiger partial charge in [0.25, 0.3) is 0 Å². The number of piperazine rings is 1. The number of nitrogens with zero attached hydrogens (tertiary/aromatic N) is 5. The van der Waals surface area contributed by atoms with Crippen molar-refractivity contribution in [2.24, 2.45) is 0 Å². The van der Waals surface area contributed by atoms with Gasteiger partial charge in [0.15, 0.2) is 0 Å². The maximum Gasteiger partial charge on any atom is 0.248 e. The zero-order valence-corrected chi connectivity index (χ0v) is 19.3. The highest BCUT2D eigenvalue weighted by Gasteiger charge is 2.20. The summed E-state index contributed by atoms with van der Waals surface area (Å²) >= 11 is 5.26. The van der Waals surface area contributed by atoms with Crippen molar-refractivity contribution < 1.29 is 4.42 Å². The molecule has 1 aliphatic rings. The number of benzene rings is 2. The maximum atomic E-state index is 5.90. The van der Waals surface area contributed by atoms with Gasteiger partial charge in [0.1, 0.15) is 5.01 Å². The van der Waals surface area contributed by atoms with Gasteiger partial charge < -0.3 is 4.42 Å². The molecule has 0 atom stereocenters. The molecule has 1 saturated heterocycles. The molecule has 1 aliphatic heterocycles. The third-order valence-electron chi connectivity index (χ3n) is 5.35. The highest BCUT2D eigenvalue weighted by Crippen LogP contribution is 2.27. The Bertz CT molecular complexity index is 1140. The fourth-order valence-electron chi connectivity index (χ4n) is 3.68. The highest BCUT2D eigenvalue weighted by atomic mass is 79.9. The van der Waals surface area contributed by atoms with Gasteiger partial charge in [-0.25, -0.2) is 4.98 Å². The molecule has 0 unspecified atom stereocenters. The van der Waals surface area contributed by atoms with Crippen molar-refractivity contribution in [3.05, 3.63) is 76.0 Å². The normalized spacial score (nSPS) is 15.4. The first kappa shape index (κ1) is 20.5. The van der Waals surface area contributed by atoms with Gasteiger partial charge in [-0.2, -0.15) is 0 Å². The predicted molar refractivity (Wildman–Crippen MR) is 126 cm³/mol. The third-order valence-corrected chi connectivity index (χ3v) is 6.98. The van der Waals surface area contributed by atoms with Crippen molar-refractivity contribution in [3.8, 4) is 22.0 Å². The molecule has 4 aromatic rings. The summed E-state index contributed by atoms with van der Waals surface area (Å²) in [5.74, 6) is 1.21. The highest BCUT2D eigenvalue weighted by molar-refractivity contribution is 9.10. The molecule has 2 aromatic heterocycles. The molecule has 0 amide bonds. The quantitative estimate of drug-likeness (QED) is 0.377. The summed E-state index contributed by atoms with van der Waals surface area (Å²) in [5.41, 5.74) is 3.25. The lowest BCUT2D eigenvalue weighted by molar-refractivity contribution is 0.114. The third kappa shape index (κ3) is 4.93. The summed E-state index contributed by atoms with van der Waals surface area (Å²) in [6.07, 6.45) is 0. The maximum absolute atomic E-state index is 5.90. The first-order valence-electron chi connectivity index (χ1n) is 10.3. The van der Waals surface area contributed by atoms with Gasteiger partial charge in [0, 0.05) is 48.1 Å². The Morgan fingerprint density at radius 1 is 0.871 bits per heavy atom. The summed E-state index contributed by atoms with van der Waals surface area (Å²) in [4.78, 5) is 9.65. The van der Waals surface area contributed by atoms with Crippen LogP contribution in [-0.4, -0.2) is 51.2 Å². The van der Waals surface area contributed by atoms with Gasteiger partial charge in [-0.1, -0.05) is 42.5 Å². The molecule has 0 radical (unpaired) electrons. The fraction of sp³-hybridized carbons (Fsp3) is 0.261. The monoisotopic (exact) mass is 495 g/mol. The van der Waals surface area contributed by atoms with Gasteiger partial charge >= 0.3 is 0 Å². The second-order valence-electron chi connectivity index (χ2n) is 7.54. The number of aromatic nitrogens is 3. The minimum atomic E-state index is 0.555. The summed E-state index contributed by atoms with van der Waals surface area (Å²) in [6, 6.07) is 18.3. The average molecular weight is 496 g/mol. The molecule has 2 aromatic carbocycles. The lowest BCUT2D eigenvalue weighted by Crippen LogP contribution is -2.45. The SMILES string of the molecule is Brc1ccccc1-c1nnc(CN2CCN(Cc3csc(-c4ccccc4)n3)CC2)o1. The number of hydrogen-bond donors (Lipinski definition) is 0. The van der Waals surface area contributed by atoms with Crippen LogP contribution in [0.25, 0.3) is 22.0 Å². The van der Waals surface area contributed by atoms with E-state index in [4.69, 9.17) is 9.40 Å². The number of thiazole rings is 1. The van der Waals surface area contributed by atoms with Crippen molar-refractivity contribution >= 4 is 27.3 Å². The van der Waals surface area contributed by atoms with Gasteiger partial charge in [-0.3, -0.25) is 9.80 Å². The van der Waals surface area contributed by atoms with Crippen LogP contribution in [0.15, 0.2) is 68.9 Å². The van der Waals surface area contributed by atoms with E-state index in [1.54, 1.807) is 11.3 Å². The van der Waals surface area contributed by atoms with E-state index >= 15 is 0 Å². The molecule has 0 aliphatic carbocycles. The molecule has 5 rings (SSSR count). The Morgan fingerprint density at radius 2 is 1.58 bits per heavy atom. The molecule has 31 heavy (non-hydrogen) atoms. The van der Waals surface area contributed by atoms with E-state index in [0.717, 1.165) is 53.5 Å². The van der Waals surface area contributed by atoms with Crippen LogP contribution < -0.4 is 0 Å². The summed E-state index contributed by atoms with van der Waals surface area (Å²) in [5, 5.41) is 11.7. The molecule has 3 heterocycles. The summed E-state index contributed by atoms with van der Waals surface area (Å²) in [6.45, 7) is 5.53. The Morgan fingerprint density at radius 3 is 2.35 bits per heavy atom. The van der Waals surface area contributed by atoms with E-state index in [1.165, 1.54) is 5.56 Å². The summed E-state index contributed by atoms with van der Waals surface area (Å²) in [7, 11) is 0. The minimum absolute atomic E-state index is 0.555. The molecular formula is C23H22BrN5OS. The lowest BCUT2D eigenvalue weighted by atomic mass is 10.2. The zero-order valence-electron chi connectivity index (χ0n) is 16.9. The van der Waals surface area contributed by atoms with E-state index in [-0.39, 0.29) is 0 Å². The van der Waals surface area contributed by atoms with E-state index in [1.807, 2.05) is 30.3 Å². The second kappa shape index (κ2) is 9.40. The standard InChI is InChI=1S/C23H22BrN5OS/c24-20-9-5-4-8-19(20)22-27-26-21(30-22)15-29-12-10-28(11-13-29)14-18-16-31-23(25-18)17-6-2-1-3-7-17/h1-9,16H,10-15H2. The number of halogens is 1. The molecular weight excluding hydrogens is 474 g/mol. The Labute approximate surface area is 193 Å². The van der Waals surface area contributed by atoms with E-state index in [9.17, 15) is 0 Å². The van der Waals surface area contributed by atoms with Crippen molar-refractivity contribution in [2.45, 2.75) is 13.1 Å². The van der Waals surface area contributed by atoms with E-state index < -0.39 is 0 Å². The van der Waals surface area contributed by atoms with Gasteiger partial charge in [0.05, 0.1) is 17.8 Å². The fourth-order valence-corrected chi connectivity index (χ4v) is 4.95. The lowest BCUT2D eigenvalue weighted by Gasteiger charge is -2.33.